The number of morpholine rings is 1. The molecule has 0 spiro atoms. The van der Waals surface area contributed by atoms with E-state index in [4.69, 9.17) is 4.74 Å². The molecule has 172 valence electrons. The molecule has 0 unspecified atom stereocenters. The average molecular weight is 435 g/mol. The van der Waals surface area contributed by atoms with Crippen molar-refractivity contribution in [1.82, 2.24) is 24.9 Å². The number of carbonyl (C=O) groups excluding carboxylic acids is 1. The Morgan fingerprint density at radius 2 is 1.84 bits per heavy atom. The molecule has 8 nitrogen and oxygen atoms in total. The zero-order valence-electron chi connectivity index (χ0n) is 18.9. The summed E-state index contributed by atoms with van der Waals surface area (Å²) in [7, 11) is 5.64. The van der Waals surface area contributed by atoms with Gasteiger partial charge < -0.3 is 24.8 Å². The van der Waals surface area contributed by atoms with Crippen molar-refractivity contribution in [3.63, 3.8) is 0 Å². The van der Waals surface area contributed by atoms with Gasteiger partial charge in [-0.15, -0.1) is 0 Å². The monoisotopic (exact) mass is 434 g/mol. The van der Waals surface area contributed by atoms with Crippen molar-refractivity contribution in [1.29, 1.82) is 0 Å². The highest BCUT2D eigenvalue weighted by molar-refractivity contribution is 5.80. The van der Waals surface area contributed by atoms with E-state index < -0.39 is 0 Å². The Bertz CT molecular complexity index is 758. The Hall–Kier alpha value is -2.23. The molecule has 0 radical (unpaired) electrons. The number of piperazine rings is 1. The van der Waals surface area contributed by atoms with E-state index in [0.717, 1.165) is 37.7 Å². The van der Waals surface area contributed by atoms with E-state index in [9.17, 15) is 9.18 Å². The molecule has 2 heterocycles. The first-order chi connectivity index (χ1) is 15.0. The van der Waals surface area contributed by atoms with Crippen molar-refractivity contribution in [3.05, 3.63) is 35.1 Å². The molecule has 2 aliphatic heterocycles. The number of hydrogen-bond donors (Lipinski definition) is 1. The van der Waals surface area contributed by atoms with Gasteiger partial charge in [0.15, 0.2) is 5.96 Å². The molecule has 31 heavy (non-hydrogen) atoms. The van der Waals surface area contributed by atoms with Gasteiger partial charge in [-0.1, -0.05) is 6.07 Å². The molecule has 2 saturated heterocycles. The van der Waals surface area contributed by atoms with E-state index >= 15 is 0 Å². The molecule has 1 amide bonds. The molecule has 2 fully saturated rings. The van der Waals surface area contributed by atoms with Gasteiger partial charge in [0.2, 0.25) is 5.91 Å². The van der Waals surface area contributed by atoms with Crippen LogP contribution in [0.3, 0.4) is 0 Å². The number of ether oxygens (including phenoxy) is 1. The predicted molar refractivity (Wildman–Crippen MR) is 119 cm³/mol. The first-order valence-corrected chi connectivity index (χ1v) is 10.9. The van der Waals surface area contributed by atoms with Gasteiger partial charge in [0, 0.05) is 65.0 Å². The molecule has 0 saturated carbocycles. The minimum atomic E-state index is -0.176. The highest BCUT2D eigenvalue weighted by Gasteiger charge is 2.24. The number of nitrogens with zero attached hydrogens (tertiary/aromatic N) is 5. The Morgan fingerprint density at radius 1 is 1.13 bits per heavy atom. The number of carbonyl (C=O) groups is 1. The fourth-order valence-corrected chi connectivity index (χ4v) is 3.94. The summed E-state index contributed by atoms with van der Waals surface area (Å²) in [5, 5.41) is 3.40. The molecule has 2 aliphatic rings. The molecule has 9 heteroatoms. The minimum absolute atomic E-state index is 0.176. The quantitative estimate of drug-likeness (QED) is 0.518. The second kappa shape index (κ2) is 11.4. The lowest BCUT2D eigenvalue weighted by Gasteiger charge is -2.37. The van der Waals surface area contributed by atoms with Gasteiger partial charge >= 0.3 is 0 Å². The highest BCUT2D eigenvalue weighted by Crippen LogP contribution is 2.13. The summed E-state index contributed by atoms with van der Waals surface area (Å²) in [6.07, 6.45) is 0. The van der Waals surface area contributed by atoms with Crippen molar-refractivity contribution in [2.75, 3.05) is 80.2 Å². The van der Waals surface area contributed by atoms with Crippen LogP contribution in [0.25, 0.3) is 0 Å². The van der Waals surface area contributed by atoms with Crippen LogP contribution in [0, 0.1) is 5.82 Å². The van der Waals surface area contributed by atoms with Gasteiger partial charge in [-0.3, -0.25) is 14.7 Å². The van der Waals surface area contributed by atoms with E-state index in [2.05, 4.69) is 20.1 Å². The average Bonchev–Trinajstić information content (AvgIpc) is 2.77. The van der Waals surface area contributed by atoms with Crippen molar-refractivity contribution < 1.29 is 13.9 Å². The molecule has 3 rings (SSSR count). The molecular formula is C22H35FN6O2. The number of benzene rings is 1. The Labute approximate surface area is 184 Å². The van der Waals surface area contributed by atoms with Crippen LogP contribution in [0.15, 0.2) is 23.2 Å². The van der Waals surface area contributed by atoms with Crippen molar-refractivity contribution in [3.8, 4) is 0 Å². The van der Waals surface area contributed by atoms with Crippen LogP contribution in [0.4, 0.5) is 4.39 Å². The first-order valence-electron chi connectivity index (χ1n) is 10.9. The van der Waals surface area contributed by atoms with Crippen molar-refractivity contribution >= 4 is 11.9 Å². The topological polar surface area (TPSA) is 63.7 Å². The number of rotatable bonds is 6. The molecule has 0 aromatic heterocycles. The van der Waals surface area contributed by atoms with Crippen molar-refractivity contribution in [2.45, 2.75) is 13.1 Å². The Balaban J connectivity index is 1.46. The minimum Gasteiger partial charge on any atom is -0.378 e. The largest absolute Gasteiger partial charge is 0.378 e. The van der Waals surface area contributed by atoms with Gasteiger partial charge in [-0.25, -0.2) is 4.39 Å². The maximum Gasteiger partial charge on any atom is 0.236 e. The third-order valence-electron chi connectivity index (χ3n) is 5.65. The number of halogens is 1. The van der Waals surface area contributed by atoms with E-state index in [1.165, 1.54) is 6.07 Å². The third-order valence-corrected chi connectivity index (χ3v) is 5.65. The molecule has 1 N–H and O–H groups in total. The van der Waals surface area contributed by atoms with E-state index in [0.29, 0.717) is 51.5 Å². The van der Waals surface area contributed by atoms with Gasteiger partial charge in [0.1, 0.15) is 5.82 Å². The first kappa shape index (κ1) is 23.4. The maximum absolute atomic E-state index is 14.0. The van der Waals surface area contributed by atoms with Crippen LogP contribution in [0.5, 0.6) is 0 Å². The van der Waals surface area contributed by atoms with Crippen LogP contribution in [0.2, 0.25) is 0 Å². The van der Waals surface area contributed by atoms with Crippen LogP contribution in [0.1, 0.15) is 11.1 Å². The number of aliphatic imine (C=N–C) groups is 1. The third kappa shape index (κ3) is 6.88. The highest BCUT2D eigenvalue weighted by atomic mass is 19.1. The van der Waals surface area contributed by atoms with E-state index in [1.54, 1.807) is 7.05 Å². The van der Waals surface area contributed by atoms with Gasteiger partial charge in [-0.2, -0.15) is 0 Å². The maximum atomic E-state index is 14.0. The standard InChI is InChI=1S/C22H35FN6O2/c1-24-22(25-15-18-4-5-20(23)19(14-18)16-26(2)3)29-8-6-27(7-9-29)17-21(30)28-10-12-31-13-11-28/h4-5,14H,6-13,15-17H2,1-3H3,(H,24,25). The Morgan fingerprint density at radius 3 is 2.48 bits per heavy atom. The normalized spacial score (nSPS) is 18.5. The molecular weight excluding hydrogens is 399 g/mol. The van der Waals surface area contributed by atoms with E-state index in [-0.39, 0.29) is 11.7 Å². The number of hydrogen-bond acceptors (Lipinski definition) is 5. The van der Waals surface area contributed by atoms with Gasteiger partial charge in [-0.05, 0) is 31.8 Å². The molecule has 1 aromatic carbocycles. The fourth-order valence-electron chi connectivity index (χ4n) is 3.94. The van der Waals surface area contributed by atoms with Crippen LogP contribution in [-0.2, 0) is 22.6 Å². The van der Waals surface area contributed by atoms with Crippen LogP contribution in [-0.4, -0.2) is 112 Å². The number of guanidine groups is 1. The summed E-state index contributed by atoms with van der Waals surface area (Å²) in [5.74, 6) is 0.839. The van der Waals surface area contributed by atoms with Crippen LogP contribution < -0.4 is 5.32 Å². The molecule has 1 aromatic rings. The summed E-state index contributed by atoms with van der Waals surface area (Å²) in [5.41, 5.74) is 1.71. The summed E-state index contributed by atoms with van der Waals surface area (Å²) in [4.78, 5) is 25.1. The predicted octanol–water partition coefficient (Wildman–Crippen LogP) is 0.439. The Kier molecular flexibility index (Phi) is 8.62. The zero-order valence-corrected chi connectivity index (χ0v) is 18.9. The van der Waals surface area contributed by atoms with Crippen molar-refractivity contribution in [2.24, 2.45) is 4.99 Å². The summed E-state index contributed by atoms with van der Waals surface area (Å²) >= 11 is 0. The lowest BCUT2D eigenvalue weighted by molar-refractivity contribution is -0.136. The summed E-state index contributed by atoms with van der Waals surface area (Å²) < 4.78 is 19.3. The zero-order chi connectivity index (χ0) is 22.2. The molecule has 0 atom stereocenters. The summed E-state index contributed by atoms with van der Waals surface area (Å²) in [6, 6.07) is 5.25. The second-order valence-electron chi connectivity index (χ2n) is 8.32. The lowest BCUT2D eigenvalue weighted by atomic mass is 10.1. The SMILES string of the molecule is CN=C(NCc1ccc(F)c(CN(C)C)c1)N1CCN(CC(=O)N2CCOCC2)CC1. The smallest absolute Gasteiger partial charge is 0.236 e. The number of amides is 1. The molecule has 0 aliphatic carbocycles. The molecule has 0 bridgehead atoms. The second-order valence-corrected chi connectivity index (χ2v) is 8.32. The van der Waals surface area contributed by atoms with Crippen LogP contribution >= 0.6 is 0 Å². The van der Waals surface area contributed by atoms with Gasteiger partial charge in [0.05, 0.1) is 19.8 Å². The van der Waals surface area contributed by atoms with E-state index in [1.807, 2.05) is 36.0 Å². The van der Waals surface area contributed by atoms with Gasteiger partial charge in [0.25, 0.3) is 0 Å². The fraction of sp³-hybridized carbons (Fsp3) is 0.636. The number of nitrogens with one attached hydrogen (secondary N) is 1. The lowest BCUT2D eigenvalue weighted by Crippen LogP contribution is -2.54. The summed E-state index contributed by atoms with van der Waals surface area (Å²) in [6.45, 7) is 7.52.